The van der Waals surface area contributed by atoms with Crippen LogP contribution in [0.2, 0.25) is 0 Å². The Morgan fingerprint density at radius 1 is 1.19 bits per heavy atom. The number of hydroxylamine groups is 2. The molecule has 2 aromatic carbocycles. The lowest BCUT2D eigenvalue weighted by atomic mass is 10.0. The van der Waals surface area contributed by atoms with Gasteiger partial charge in [0.25, 0.3) is 5.91 Å². The topological polar surface area (TPSA) is 101 Å². The molecule has 0 bridgehead atoms. The van der Waals surface area contributed by atoms with Crippen molar-refractivity contribution in [3.05, 3.63) is 70.4 Å². The minimum absolute atomic E-state index is 0.0793. The number of nitrogens with one attached hydrogen (secondary N) is 2. The average Bonchev–Trinajstić information content (AvgIpc) is 2.97. The van der Waals surface area contributed by atoms with Gasteiger partial charge in [-0.05, 0) is 55.2 Å². The van der Waals surface area contributed by atoms with E-state index < -0.39 is 17.6 Å². The molecular formula is C30H35F3N6O4. The number of piperidine rings is 1. The number of fused-ring (bicyclic) bond motifs is 1. The number of carbonyl (C=O) groups is 1. The first-order chi connectivity index (χ1) is 20.6. The normalized spacial score (nSPS) is 16.5. The zero-order chi connectivity index (χ0) is 30.6. The Hall–Kier alpha value is -3.78. The summed E-state index contributed by atoms with van der Waals surface area (Å²) in [4.78, 5) is 28.8. The molecule has 0 saturated carbocycles. The van der Waals surface area contributed by atoms with Crippen molar-refractivity contribution < 1.29 is 32.3 Å². The van der Waals surface area contributed by atoms with E-state index in [1.165, 1.54) is 0 Å². The van der Waals surface area contributed by atoms with Gasteiger partial charge < -0.3 is 25.0 Å². The van der Waals surface area contributed by atoms with Gasteiger partial charge in [-0.15, -0.1) is 0 Å². The van der Waals surface area contributed by atoms with Gasteiger partial charge in [0.2, 0.25) is 11.8 Å². The monoisotopic (exact) mass is 600 g/mol. The highest BCUT2D eigenvalue weighted by molar-refractivity contribution is 5.95. The van der Waals surface area contributed by atoms with E-state index in [2.05, 4.69) is 25.5 Å². The van der Waals surface area contributed by atoms with Gasteiger partial charge in [0.15, 0.2) is 0 Å². The van der Waals surface area contributed by atoms with Crippen LogP contribution < -0.4 is 15.4 Å². The molecular weight excluding hydrogens is 565 g/mol. The van der Waals surface area contributed by atoms with E-state index in [4.69, 9.17) is 14.3 Å². The zero-order valence-corrected chi connectivity index (χ0v) is 24.3. The number of alkyl halides is 3. The maximum absolute atomic E-state index is 13.9. The third kappa shape index (κ3) is 7.60. The molecule has 0 radical (unpaired) electrons. The third-order valence-corrected chi connectivity index (χ3v) is 7.59. The Bertz CT molecular complexity index is 1450. The van der Waals surface area contributed by atoms with E-state index in [-0.39, 0.29) is 30.3 Å². The smallest absolute Gasteiger partial charge is 0.423 e. The lowest BCUT2D eigenvalue weighted by molar-refractivity contribution is -0.168. The summed E-state index contributed by atoms with van der Waals surface area (Å²) in [6.07, 6.45) is -2.31. The number of ether oxygens (including phenoxy) is 2. The first-order valence-corrected chi connectivity index (χ1v) is 14.1. The Morgan fingerprint density at radius 3 is 2.70 bits per heavy atom. The van der Waals surface area contributed by atoms with Gasteiger partial charge in [0, 0.05) is 69.4 Å². The molecule has 2 aliphatic heterocycles. The first kappa shape index (κ1) is 30.7. The predicted molar refractivity (Wildman–Crippen MR) is 153 cm³/mol. The second-order valence-corrected chi connectivity index (χ2v) is 10.7. The van der Waals surface area contributed by atoms with E-state index in [0.717, 1.165) is 38.0 Å². The fourth-order valence-corrected chi connectivity index (χ4v) is 5.14. The molecule has 3 aromatic rings. The average molecular weight is 601 g/mol. The molecule has 0 spiro atoms. The van der Waals surface area contributed by atoms with Gasteiger partial charge in [0.05, 0.1) is 13.2 Å². The molecule has 10 nitrogen and oxygen atoms in total. The third-order valence-electron chi connectivity index (χ3n) is 7.59. The van der Waals surface area contributed by atoms with Crippen molar-refractivity contribution in [2.45, 2.75) is 45.1 Å². The van der Waals surface area contributed by atoms with Crippen LogP contribution in [0.3, 0.4) is 0 Å². The van der Waals surface area contributed by atoms with Crippen LogP contribution in [0.15, 0.2) is 42.6 Å². The van der Waals surface area contributed by atoms with Crippen molar-refractivity contribution in [1.82, 2.24) is 25.2 Å². The summed E-state index contributed by atoms with van der Waals surface area (Å²) in [6.45, 7) is 5.78. The van der Waals surface area contributed by atoms with E-state index >= 15 is 0 Å². The van der Waals surface area contributed by atoms with Crippen molar-refractivity contribution in [2.75, 3.05) is 45.7 Å². The highest BCUT2D eigenvalue weighted by Crippen LogP contribution is 2.39. The fraction of sp³-hybridized carbons (Fsp3) is 0.433. The molecule has 1 saturated heterocycles. The summed E-state index contributed by atoms with van der Waals surface area (Å²) < 4.78 is 52.5. The van der Waals surface area contributed by atoms with Crippen LogP contribution in [0.4, 0.5) is 24.8 Å². The molecule has 2 aliphatic rings. The number of benzene rings is 2. The molecule has 0 atom stereocenters. The van der Waals surface area contributed by atoms with Crippen LogP contribution in [0.25, 0.3) is 0 Å². The number of hydrogen-bond donors (Lipinski definition) is 2. The van der Waals surface area contributed by atoms with E-state index in [0.29, 0.717) is 41.7 Å². The zero-order valence-electron chi connectivity index (χ0n) is 24.3. The number of aromatic nitrogens is 2. The van der Waals surface area contributed by atoms with Gasteiger partial charge >= 0.3 is 6.18 Å². The lowest BCUT2D eigenvalue weighted by Gasteiger charge is -2.32. The summed E-state index contributed by atoms with van der Waals surface area (Å²) in [6, 6.07) is 10.3. The van der Waals surface area contributed by atoms with Crippen LogP contribution in [-0.2, 0) is 28.9 Å². The van der Waals surface area contributed by atoms with Crippen molar-refractivity contribution >= 4 is 17.5 Å². The van der Waals surface area contributed by atoms with Gasteiger partial charge in [-0.25, -0.2) is 4.98 Å². The molecule has 1 fully saturated rings. The number of nitrogens with zero attached hydrogens (tertiary/aromatic N) is 4. The summed E-state index contributed by atoms with van der Waals surface area (Å²) in [5, 5.41) is 7.72. The summed E-state index contributed by atoms with van der Waals surface area (Å²) in [5.41, 5.74) is 2.18. The maximum Gasteiger partial charge on any atom is 0.423 e. The molecule has 43 heavy (non-hydrogen) atoms. The lowest BCUT2D eigenvalue weighted by Crippen LogP contribution is -2.45. The summed E-state index contributed by atoms with van der Waals surface area (Å²) in [7, 11) is 3.46. The Balaban J connectivity index is 1.29. The van der Waals surface area contributed by atoms with Crippen molar-refractivity contribution in [3.8, 4) is 11.6 Å². The maximum atomic E-state index is 13.9. The Morgan fingerprint density at radius 2 is 1.98 bits per heavy atom. The van der Waals surface area contributed by atoms with Gasteiger partial charge in [0.1, 0.15) is 11.3 Å². The number of methoxy groups -OCH3 is 1. The largest absolute Gasteiger partial charge is 0.438 e. The number of carbonyl (C=O) groups excluding carboxylic acids is 1. The van der Waals surface area contributed by atoms with Crippen molar-refractivity contribution in [2.24, 2.45) is 0 Å². The highest BCUT2D eigenvalue weighted by atomic mass is 19.4. The quantitative estimate of drug-likeness (QED) is 0.349. The van der Waals surface area contributed by atoms with Crippen LogP contribution in [0.5, 0.6) is 11.6 Å². The number of hydrogen-bond acceptors (Lipinski definition) is 9. The summed E-state index contributed by atoms with van der Waals surface area (Å²) in [5.74, 6) is -0.649. The van der Waals surface area contributed by atoms with Crippen LogP contribution in [-0.4, -0.2) is 72.3 Å². The minimum atomic E-state index is -4.73. The molecule has 1 amide bonds. The molecule has 5 rings (SSSR count). The number of likely N-dealkylation sites (tertiary alicyclic amines) is 1. The molecule has 0 aliphatic carbocycles. The molecule has 3 heterocycles. The van der Waals surface area contributed by atoms with Crippen LogP contribution in [0.1, 0.15) is 45.5 Å². The number of halogens is 3. The number of anilines is 2. The van der Waals surface area contributed by atoms with E-state index in [1.54, 1.807) is 56.5 Å². The Labute approximate surface area is 248 Å². The van der Waals surface area contributed by atoms with Crippen LogP contribution in [0, 0.1) is 6.92 Å². The second kappa shape index (κ2) is 13.2. The predicted octanol–water partition coefficient (Wildman–Crippen LogP) is 5.06. The molecule has 230 valence electrons. The first-order valence-electron chi connectivity index (χ1n) is 14.1. The molecule has 1 aromatic heterocycles. The highest BCUT2D eigenvalue weighted by Gasteiger charge is 2.37. The number of rotatable bonds is 9. The van der Waals surface area contributed by atoms with Crippen molar-refractivity contribution in [1.29, 1.82) is 0 Å². The van der Waals surface area contributed by atoms with Crippen LogP contribution >= 0.6 is 0 Å². The second-order valence-electron chi connectivity index (χ2n) is 10.7. The van der Waals surface area contributed by atoms with E-state index in [1.807, 2.05) is 6.07 Å². The summed E-state index contributed by atoms with van der Waals surface area (Å²) >= 11 is 0. The minimum Gasteiger partial charge on any atom is -0.438 e. The standard InChI is InChI=1S/C30H35F3N6O4/c1-19-15-20(27(40)35-22-9-11-39(12-10-22)13-14-41-3)7-8-25(19)36-29-34-16-24(30(31,32)33)28(37-29)43-26-6-4-5-21-17-38(2)42-18-23(21)26/h4-8,15-16,22H,9-14,17-18H2,1-3H3,(H,35,40)(H,34,36,37). The van der Waals surface area contributed by atoms with Gasteiger partial charge in [-0.3, -0.25) is 9.63 Å². The number of aryl methyl sites for hydroxylation is 1. The van der Waals surface area contributed by atoms with Gasteiger partial charge in [-0.2, -0.15) is 23.2 Å². The molecule has 13 heteroatoms. The van der Waals surface area contributed by atoms with Gasteiger partial charge in [-0.1, -0.05) is 12.1 Å². The Kier molecular flexibility index (Phi) is 9.45. The van der Waals surface area contributed by atoms with Crippen molar-refractivity contribution in [3.63, 3.8) is 0 Å². The fourth-order valence-electron chi connectivity index (χ4n) is 5.14. The molecule has 0 unspecified atom stereocenters. The molecule has 2 N–H and O–H groups in total. The number of amides is 1. The SMILES string of the molecule is COCCN1CCC(NC(=O)c2ccc(Nc3ncc(C(F)(F)F)c(Oc4cccc5c4CON(C)C5)n3)c(C)c2)CC1. The van der Waals surface area contributed by atoms with E-state index in [9.17, 15) is 18.0 Å².